The first kappa shape index (κ1) is 36.7. The molecule has 8 nitrogen and oxygen atoms in total. The number of rotatable bonds is 9. The number of thioether (sulfide) groups is 1. The molecule has 0 N–H and O–H groups in total. The maximum atomic E-state index is 14.0. The molecule has 58 heavy (non-hydrogen) atoms. The Hall–Kier alpha value is -6.97. The molecular weight excluding hydrogens is 749 g/mol. The molecule has 1 aliphatic heterocycles. The smallest absolute Gasteiger partial charge is 0.339 e. The number of fused-ring (bicyclic) bond motifs is 4. The molecular formula is C49H34O8S. The van der Waals surface area contributed by atoms with E-state index < -0.39 is 46.8 Å². The van der Waals surface area contributed by atoms with Gasteiger partial charge in [0.05, 0.1) is 27.5 Å². The Labute approximate surface area is 337 Å². The Morgan fingerprint density at radius 3 is 1.10 bits per heavy atom. The number of hydrogen-bond donors (Lipinski definition) is 0. The topological polar surface area (TPSA) is 105 Å². The van der Waals surface area contributed by atoms with E-state index in [0.29, 0.717) is 5.56 Å². The van der Waals surface area contributed by atoms with Crippen LogP contribution in [0.3, 0.4) is 0 Å². The zero-order chi connectivity index (χ0) is 39.6. The van der Waals surface area contributed by atoms with Gasteiger partial charge in [-0.05, 0) is 91.6 Å². The first-order valence-corrected chi connectivity index (χ1v) is 19.7. The average molecular weight is 783 g/mol. The molecule has 8 aromatic carbocycles. The third kappa shape index (κ3) is 7.60. The third-order valence-electron chi connectivity index (χ3n) is 10.3. The highest BCUT2D eigenvalue weighted by Gasteiger charge is 2.52. The van der Waals surface area contributed by atoms with Gasteiger partial charge in [-0.15, -0.1) is 11.8 Å². The van der Waals surface area contributed by atoms with E-state index in [4.69, 9.17) is 18.9 Å². The standard InChI is InChI=1S/C49H34O8S/c50-45(38-21-17-30-9-1-5-13-34(30)25-38)54-29-42-43(55-46(51)39-22-18-31-10-2-6-14-35(31)26-39)44(56-47(52)40-23-19-32-11-3-7-15-36(32)27-40)49(58-42)57-48(53)41-24-20-33-12-4-8-16-37(33)28-41/h1-28,42-44,49H,29H2/t42-,43-,44-,49?/m0/s1. The summed E-state index contributed by atoms with van der Waals surface area (Å²) in [6, 6.07) is 51.4. The fraction of sp³-hybridized carbons (Fsp3) is 0.102. The van der Waals surface area contributed by atoms with Gasteiger partial charge in [0.2, 0.25) is 0 Å². The van der Waals surface area contributed by atoms with Crippen molar-refractivity contribution in [1.82, 2.24) is 0 Å². The lowest BCUT2D eigenvalue weighted by molar-refractivity contribution is -0.0607. The Balaban J connectivity index is 1.05. The van der Waals surface area contributed by atoms with Crippen molar-refractivity contribution in [3.8, 4) is 0 Å². The summed E-state index contributed by atoms with van der Waals surface area (Å²) in [6.07, 6.45) is -2.49. The summed E-state index contributed by atoms with van der Waals surface area (Å²) in [5.74, 6) is -2.64. The molecule has 0 saturated carbocycles. The van der Waals surface area contributed by atoms with Gasteiger partial charge in [-0.25, -0.2) is 19.2 Å². The summed E-state index contributed by atoms with van der Waals surface area (Å²) >= 11 is 1.10. The predicted octanol–water partition coefficient (Wildman–Crippen LogP) is 10.2. The lowest BCUT2D eigenvalue weighted by atomic mass is 10.1. The van der Waals surface area contributed by atoms with Crippen molar-refractivity contribution in [2.75, 3.05) is 6.61 Å². The zero-order valence-corrected chi connectivity index (χ0v) is 31.7. The zero-order valence-electron chi connectivity index (χ0n) is 30.9. The number of esters is 4. The van der Waals surface area contributed by atoms with E-state index in [-0.39, 0.29) is 23.3 Å². The number of hydrogen-bond acceptors (Lipinski definition) is 9. The van der Waals surface area contributed by atoms with Crippen LogP contribution < -0.4 is 0 Å². The highest BCUT2D eigenvalue weighted by Crippen LogP contribution is 2.41. The molecule has 1 unspecified atom stereocenters. The summed E-state index contributed by atoms with van der Waals surface area (Å²) in [5, 5.41) is 6.37. The van der Waals surface area contributed by atoms with E-state index in [0.717, 1.165) is 54.9 Å². The second-order valence-corrected chi connectivity index (χ2v) is 15.4. The Kier molecular flexibility index (Phi) is 10.0. The second-order valence-electron chi connectivity index (χ2n) is 14.0. The first-order chi connectivity index (χ1) is 28.4. The predicted molar refractivity (Wildman–Crippen MR) is 225 cm³/mol. The molecule has 0 aromatic heterocycles. The molecule has 0 bridgehead atoms. The maximum absolute atomic E-state index is 14.0. The van der Waals surface area contributed by atoms with E-state index in [1.54, 1.807) is 48.5 Å². The molecule has 8 aromatic rings. The van der Waals surface area contributed by atoms with Crippen molar-refractivity contribution in [2.45, 2.75) is 22.9 Å². The van der Waals surface area contributed by atoms with Gasteiger partial charge < -0.3 is 18.9 Å². The van der Waals surface area contributed by atoms with Crippen LogP contribution in [0.15, 0.2) is 170 Å². The second kappa shape index (κ2) is 15.9. The van der Waals surface area contributed by atoms with Gasteiger partial charge in [-0.2, -0.15) is 0 Å². The minimum absolute atomic E-state index is 0.250. The van der Waals surface area contributed by atoms with Gasteiger partial charge in [0, 0.05) is 0 Å². The quantitative estimate of drug-likeness (QED) is 0.105. The molecule has 1 fully saturated rings. The number of carbonyl (C=O) groups is 4. The largest absolute Gasteiger partial charge is 0.461 e. The van der Waals surface area contributed by atoms with Crippen LogP contribution in [-0.2, 0) is 18.9 Å². The van der Waals surface area contributed by atoms with Gasteiger partial charge in [-0.3, -0.25) is 0 Å². The van der Waals surface area contributed by atoms with E-state index in [1.807, 2.05) is 121 Å². The Morgan fingerprint density at radius 2 is 0.707 bits per heavy atom. The van der Waals surface area contributed by atoms with Crippen LogP contribution in [0.1, 0.15) is 41.4 Å². The van der Waals surface area contributed by atoms with Crippen LogP contribution in [0.4, 0.5) is 0 Å². The molecule has 0 amide bonds. The SMILES string of the molecule is O=C(OC[C@@H]1SC(OC(=O)c2ccc3ccccc3c2)[C@@H](OC(=O)c2ccc3ccccc3c2)[C@H]1OC(=O)c1ccc2ccccc2c1)c1ccc2ccccc2c1. The number of benzene rings is 8. The lowest BCUT2D eigenvalue weighted by Crippen LogP contribution is -2.42. The van der Waals surface area contributed by atoms with Gasteiger partial charge in [0.1, 0.15) is 6.61 Å². The summed E-state index contributed by atoms with van der Waals surface area (Å²) in [6.45, 7) is -0.250. The molecule has 9 rings (SSSR count). The summed E-state index contributed by atoms with van der Waals surface area (Å²) in [5.41, 5.74) is 0.00262. The third-order valence-corrected chi connectivity index (χ3v) is 11.7. The minimum Gasteiger partial charge on any atom is -0.461 e. The molecule has 284 valence electrons. The molecule has 0 spiro atoms. The van der Waals surface area contributed by atoms with Crippen molar-refractivity contribution in [3.63, 3.8) is 0 Å². The fourth-order valence-corrected chi connectivity index (χ4v) is 8.62. The lowest BCUT2D eigenvalue weighted by Gasteiger charge is -2.25. The summed E-state index contributed by atoms with van der Waals surface area (Å²) in [4.78, 5) is 55.4. The van der Waals surface area contributed by atoms with Crippen LogP contribution in [0.2, 0.25) is 0 Å². The fourth-order valence-electron chi connectivity index (χ4n) is 7.25. The van der Waals surface area contributed by atoms with Crippen molar-refractivity contribution < 1.29 is 38.1 Å². The normalized spacial score (nSPS) is 17.6. The maximum Gasteiger partial charge on any atom is 0.339 e. The highest BCUT2D eigenvalue weighted by atomic mass is 32.2. The number of ether oxygens (including phenoxy) is 4. The summed E-state index contributed by atoms with van der Waals surface area (Å²) < 4.78 is 24.4. The van der Waals surface area contributed by atoms with Gasteiger partial charge in [-0.1, -0.05) is 121 Å². The minimum atomic E-state index is -1.29. The van der Waals surface area contributed by atoms with Crippen LogP contribution in [-0.4, -0.2) is 53.4 Å². The van der Waals surface area contributed by atoms with Crippen LogP contribution in [0.25, 0.3) is 43.1 Å². The number of carbonyl (C=O) groups excluding carboxylic acids is 4. The van der Waals surface area contributed by atoms with Crippen LogP contribution in [0, 0.1) is 0 Å². The van der Waals surface area contributed by atoms with E-state index in [1.165, 1.54) is 0 Å². The summed E-state index contributed by atoms with van der Waals surface area (Å²) in [7, 11) is 0. The van der Waals surface area contributed by atoms with Crippen molar-refractivity contribution in [1.29, 1.82) is 0 Å². The van der Waals surface area contributed by atoms with Crippen molar-refractivity contribution >= 4 is 78.7 Å². The van der Waals surface area contributed by atoms with Gasteiger partial charge >= 0.3 is 23.9 Å². The van der Waals surface area contributed by atoms with E-state index in [9.17, 15) is 19.2 Å². The molecule has 1 heterocycles. The van der Waals surface area contributed by atoms with Crippen LogP contribution >= 0.6 is 11.8 Å². The van der Waals surface area contributed by atoms with Gasteiger partial charge in [0.15, 0.2) is 17.6 Å². The average Bonchev–Trinajstić information content (AvgIpc) is 3.58. The molecule has 9 heteroatoms. The Morgan fingerprint density at radius 1 is 0.379 bits per heavy atom. The molecule has 0 radical (unpaired) electrons. The van der Waals surface area contributed by atoms with E-state index in [2.05, 4.69) is 0 Å². The van der Waals surface area contributed by atoms with E-state index >= 15 is 0 Å². The molecule has 1 saturated heterocycles. The van der Waals surface area contributed by atoms with Gasteiger partial charge in [0.25, 0.3) is 0 Å². The first-order valence-electron chi connectivity index (χ1n) is 18.8. The Bertz CT molecular complexity index is 2890. The molecule has 4 atom stereocenters. The molecule has 0 aliphatic carbocycles. The monoisotopic (exact) mass is 782 g/mol. The molecule has 1 aliphatic rings. The van der Waals surface area contributed by atoms with Crippen molar-refractivity contribution in [3.05, 3.63) is 192 Å². The van der Waals surface area contributed by atoms with Crippen LogP contribution in [0.5, 0.6) is 0 Å². The van der Waals surface area contributed by atoms with Crippen molar-refractivity contribution in [2.24, 2.45) is 0 Å². The highest BCUT2D eigenvalue weighted by molar-refractivity contribution is 8.00.